The molecule has 2 fully saturated rings. The van der Waals surface area contributed by atoms with Crippen molar-refractivity contribution in [2.24, 2.45) is 0 Å². The number of likely N-dealkylation sites (N-methyl/N-ethyl adjacent to an activating group) is 1. The lowest BCUT2D eigenvalue weighted by Crippen LogP contribution is -2.48. The number of anilines is 1. The van der Waals surface area contributed by atoms with Gasteiger partial charge >= 0.3 is 0 Å². The smallest absolute Gasteiger partial charge is 0.243 e. The van der Waals surface area contributed by atoms with Crippen LogP contribution in [0.15, 0.2) is 24.3 Å². The molecule has 1 aromatic rings. The largest absolute Gasteiger partial charge is 0.378 e. The Kier molecular flexibility index (Phi) is 12.4. The average molecular weight is 428 g/mol. The molecule has 2 heterocycles. The number of carbonyl (C=O) groups excluding carboxylic acids is 1. The molecular formula is C17H29Cl3N4O2. The highest BCUT2D eigenvalue weighted by Gasteiger charge is 2.21. The quantitative estimate of drug-likeness (QED) is 0.765. The maximum atomic E-state index is 12.2. The first kappa shape index (κ1) is 25.4. The van der Waals surface area contributed by atoms with Crippen LogP contribution in [0.5, 0.6) is 0 Å². The van der Waals surface area contributed by atoms with E-state index in [2.05, 4.69) is 39.6 Å². The fourth-order valence-corrected chi connectivity index (χ4v) is 2.97. The number of halogens is 3. The van der Waals surface area contributed by atoms with Crippen molar-refractivity contribution in [2.45, 2.75) is 12.6 Å². The van der Waals surface area contributed by atoms with Crippen LogP contribution in [-0.4, -0.2) is 74.7 Å². The fourth-order valence-electron chi connectivity index (χ4n) is 2.97. The number of carbonyl (C=O) groups is 1. The van der Waals surface area contributed by atoms with E-state index in [1.54, 1.807) is 0 Å². The first-order chi connectivity index (χ1) is 11.2. The predicted molar refractivity (Wildman–Crippen MR) is 112 cm³/mol. The lowest BCUT2D eigenvalue weighted by molar-refractivity contribution is -0.120. The van der Waals surface area contributed by atoms with Crippen LogP contribution in [0, 0.1) is 0 Å². The molecule has 1 amide bonds. The number of piperazine rings is 1. The monoisotopic (exact) mass is 426 g/mol. The number of nitrogens with one attached hydrogen (secondary N) is 2. The van der Waals surface area contributed by atoms with E-state index in [1.807, 2.05) is 12.1 Å². The maximum absolute atomic E-state index is 12.2. The minimum Gasteiger partial charge on any atom is -0.378 e. The Hall–Kier alpha value is -0.600. The second kappa shape index (κ2) is 12.7. The molecule has 0 spiro atoms. The molecular weight excluding hydrogens is 399 g/mol. The summed E-state index contributed by atoms with van der Waals surface area (Å²) < 4.78 is 5.34. The van der Waals surface area contributed by atoms with E-state index >= 15 is 0 Å². The Labute approximate surface area is 174 Å². The minimum absolute atomic E-state index is 0. The van der Waals surface area contributed by atoms with Crippen molar-refractivity contribution in [3.05, 3.63) is 29.8 Å². The van der Waals surface area contributed by atoms with Gasteiger partial charge in [0.05, 0.1) is 13.2 Å². The van der Waals surface area contributed by atoms with Gasteiger partial charge < -0.3 is 20.3 Å². The zero-order valence-corrected chi connectivity index (χ0v) is 17.4. The zero-order valence-electron chi connectivity index (χ0n) is 15.0. The number of morpholine rings is 1. The lowest BCUT2D eigenvalue weighted by Gasteiger charge is -2.32. The van der Waals surface area contributed by atoms with E-state index in [9.17, 15) is 4.79 Å². The molecule has 1 aromatic carbocycles. The van der Waals surface area contributed by atoms with Crippen molar-refractivity contribution < 1.29 is 9.53 Å². The number of ether oxygens (including phenoxy) is 1. The van der Waals surface area contributed by atoms with Gasteiger partial charge in [-0.05, 0) is 24.7 Å². The van der Waals surface area contributed by atoms with Gasteiger partial charge in [-0.3, -0.25) is 9.69 Å². The number of hydrogen-bond acceptors (Lipinski definition) is 5. The highest BCUT2D eigenvalue weighted by Crippen LogP contribution is 2.14. The molecule has 2 saturated heterocycles. The van der Waals surface area contributed by atoms with Gasteiger partial charge in [-0.2, -0.15) is 0 Å². The Bertz CT molecular complexity index is 536. The molecule has 3 rings (SSSR count). The molecule has 0 radical (unpaired) electrons. The molecule has 0 bridgehead atoms. The normalized spacial score (nSPS) is 20.9. The highest BCUT2D eigenvalue weighted by molar-refractivity contribution is 5.95. The molecule has 0 saturated carbocycles. The topological polar surface area (TPSA) is 56.8 Å². The van der Waals surface area contributed by atoms with Crippen molar-refractivity contribution in [3.63, 3.8) is 0 Å². The SMILES string of the molecule is CN1CCN(Cc2cccc(NC(=O)C3COCCN3)c2)CC1.Cl.Cl.Cl. The van der Waals surface area contributed by atoms with Gasteiger partial charge in [-0.15, -0.1) is 37.2 Å². The van der Waals surface area contributed by atoms with E-state index in [1.165, 1.54) is 5.56 Å². The summed E-state index contributed by atoms with van der Waals surface area (Å²) in [4.78, 5) is 17.0. The summed E-state index contributed by atoms with van der Waals surface area (Å²) in [7, 11) is 2.16. The van der Waals surface area contributed by atoms with Crippen LogP contribution in [0.3, 0.4) is 0 Å². The lowest BCUT2D eigenvalue weighted by atomic mass is 10.1. The summed E-state index contributed by atoms with van der Waals surface area (Å²) in [6, 6.07) is 7.88. The molecule has 6 nitrogen and oxygen atoms in total. The predicted octanol–water partition coefficient (Wildman–Crippen LogP) is 1.63. The molecule has 150 valence electrons. The van der Waals surface area contributed by atoms with Crippen molar-refractivity contribution in [1.82, 2.24) is 15.1 Å². The number of benzene rings is 1. The van der Waals surface area contributed by atoms with Crippen LogP contribution < -0.4 is 10.6 Å². The fraction of sp³-hybridized carbons (Fsp3) is 0.588. The van der Waals surface area contributed by atoms with E-state index in [0.717, 1.165) is 45.0 Å². The van der Waals surface area contributed by atoms with E-state index in [-0.39, 0.29) is 49.2 Å². The van der Waals surface area contributed by atoms with Gasteiger partial charge in [0.25, 0.3) is 0 Å². The number of hydrogen-bond donors (Lipinski definition) is 2. The number of nitrogens with zero attached hydrogens (tertiary/aromatic N) is 2. The zero-order chi connectivity index (χ0) is 16.1. The standard InChI is InChI=1S/C17H26N4O2.3ClH/c1-20-6-8-21(9-7-20)12-14-3-2-4-15(11-14)19-17(22)16-13-23-10-5-18-16;;;/h2-4,11,16,18H,5-10,12-13H2,1H3,(H,19,22);3*1H. The Morgan fingerprint density at radius 1 is 1.23 bits per heavy atom. The second-order valence-electron chi connectivity index (χ2n) is 6.35. The van der Waals surface area contributed by atoms with Gasteiger partial charge in [0.1, 0.15) is 6.04 Å². The van der Waals surface area contributed by atoms with Gasteiger partial charge in [0, 0.05) is 45.0 Å². The Morgan fingerprint density at radius 2 is 1.96 bits per heavy atom. The average Bonchev–Trinajstić information content (AvgIpc) is 2.58. The van der Waals surface area contributed by atoms with E-state index in [0.29, 0.717) is 13.2 Å². The molecule has 2 aliphatic rings. The molecule has 0 aromatic heterocycles. The Morgan fingerprint density at radius 3 is 2.62 bits per heavy atom. The second-order valence-corrected chi connectivity index (χ2v) is 6.35. The van der Waals surface area contributed by atoms with Gasteiger partial charge in [0.15, 0.2) is 0 Å². The van der Waals surface area contributed by atoms with Crippen molar-refractivity contribution in [1.29, 1.82) is 0 Å². The van der Waals surface area contributed by atoms with Crippen LogP contribution in [0.4, 0.5) is 5.69 Å². The summed E-state index contributed by atoms with van der Waals surface area (Å²) in [5.74, 6) is -0.0264. The molecule has 9 heteroatoms. The highest BCUT2D eigenvalue weighted by atomic mass is 35.5. The summed E-state index contributed by atoms with van der Waals surface area (Å²) in [5.41, 5.74) is 2.09. The summed E-state index contributed by atoms with van der Waals surface area (Å²) in [6.07, 6.45) is 0. The third-order valence-corrected chi connectivity index (χ3v) is 4.43. The van der Waals surface area contributed by atoms with Crippen LogP contribution >= 0.6 is 37.2 Å². The van der Waals surface area contributed by atoms with Crippen LogP contribution in [0.25, 0.3) is 0 Å². The van der Waals surface area contributed by atoms with Gasteiger partial charge in [-0.1, -0.05) is 12.1 Å². The molecule has 1 atom stereocenters. The van der Waals surface area contributed by atoms with Gasteiger partial charge in [-0.25, -0.2) is 0 Å². The minimum atomic E-state index is -0.259. The summed E-state index contributed by atoms with van der Waals surface area (Å²) in [5, 5.41) is 6.16. The van der Waals surface area contributed by atoms with Gasteiger partial charge in [0.2, 0.25) is 5.91 Å². The van der Waals surface area contributed by atoms with E-state index in [4.69, 9.17) is 4.74 Å². The van der Waals surface area contributed by atoms with Crippen molar-refractivity contribution >= 4 is 48.8 Å². The molecule has 0 aliphatic carbocycles. The van der Waals surface area contributed by atoms with Crippen LogP contribution in [-0.2, 0) is 16.1 Å². The molecule has 2 N–H and O–H groups in total. The first-order valence-electron chi connectivity index (χ1n) is 8.32. The third-order valence-electron chi connectivity index (χ3n) is 4.43. The van der Waals surface area contributed by atoms with Crippen LogP contribution in [0.2, 0.25) is 0 Å². The molecule has 2 aliphatic heterocycles. The number of amides is 1. The third kappa shape index (κ3) is 7.56. The molecule has 26 heavy (non-hydrogen) atoms. The first-order valence-corrected chi connectivity index (χ1v) is 8.32. The molecule has 1 unspecified atom stereocenters. The summed E-state index contributed by atoms with van der Waals surface area (Å²) >= 11 is 0. The van der Waals surface area contributed by atoms with Crippen molar-refractivity contribution in [2.75, 3.05) is 58.3 Å². The van der Waals surface area contributed by atoms with Crippen molar-refractivity contribution in [3.8, 4) is 0 Å². The van der Waals surface area contributed by atoms with Crippen LogP contribution in [0.1, 0.15) is 5.56 Å². The van der Waals surface area contributed by atoms with E-state index < -0.39 is 0 Å². The maximum Gasteiger partial charge on any atom is 0.243 e. The number of rotatable bonds is 4. The Balaban J connectivity index is 0.00000208. The summed E-state index contributed by atoms with van der Waals surface area (Å²) in [6.45, 7) is 7.18.